The van der Waals surface area contributed by atoms with Gasteiger partial charge in [-0.25, -0.2) is 9.50 Å². The molecule has 2 aromatic carbocycles. The van der Waals surface area contributed by atoms with Crippen molar-refractivity contribution in [3.8, 4) is 34.0 Å². The Kier molecular flexibility index (Phi) is 4.52. The predicted molar refractivity (Wildman–Crippen MR) is 119 cm³/mol. The minimum absolute atomic E-state index is 0.699. The van der Waals surface area contributed by atoms with Crippen LogP contribution in [0.1, 0.15) is 5.69 Å². The van der Waals surface area contributed by atoms with Crippen LogP contribution in [0.2, 0.25) is 5.02 Å². The van der Waals surface area contributed by atoms with Crippen molar-refractivity contribution in [1.29, 1.82) is 0 Å². The summed E-state index contributed by atoms with van der Waals surface area (Å²) in [5, 5.41) is 5.53. The first-order valence-corrected chi connectivity index (χ1v) is 9.96. The van der Waals surface area contributed by atoms with Crippen molar-refractivity contribution in [1.82, 2.24) is 19.2 Å². The number of aryl methyl sites for hydroxylation is 1. The number of methoxy groups -OCH3 is 1. The van der Waals surface area contributed by atoms with E-state index in [1.54, 1.807) is 7.11 Å². The van der Waals surface area contributed by atoms with Crippen LogP contribution < -0.4 is 4.74 Å². The molecule has 30 heavy (non-hydrogen) atoms. The van der Waals surface area contributed by atoms with Crippen molar-refractivity contribution in [2.75, 3.05) is 7.11 Å². The highest BCUT2D eigenvalue weighted by Gasteiger charge is 2.18. The van der Waals surface area contributed by atoms with Crippen LogP contribution >= 0.6 is 11.6 Å². The number of halogens is 1. The summed E-state index contributed by atoms with van der Waals surface area (Å²) in [6, 6.07) is 21.8. The summed E-state index contributed by atoms with van der Waals surface area (Å²) in [5.41, 5.74) is 5.72. The fourth-order valence-corrected chi connectivity index (χ4v) is 3.78. The van der Waals surface area contributed by atoms with Crippen LogP contribution in [0.5, 0.6) is 5.75 Å². The van der Waals surface area contributed by atoms with E-state index in [2.05, 4.69) is 0 Å². The summed E-state index contributed by atoms with van der Waals surface area (Å²) in [7, 11) is 1.67. The van der Waals surface area contributed by atoms with Gasteiger partial charge in [0.05, 0.1) is 18.5 Å². The molecule has 0 unspecified atom stereocenters. The molecular weight excluding hydrogens is 396 g/mol. The van der Waals surface area contributed by atoms with E-state index in [4.69, 9.17) is 26.4 Å². The number of nitrogens with zero attached hydrogens (tertiary/aromatic N) is 4. The number of fused-ring (bicyclic) bond motifs is 1. The minimum atomic E-state index is 0.699. The van der Waals surface area contributed by atoms with E-state index in [-0.39, 0.29) is 0 Å². The molecule has 0 spiro atoms. The van der Waals surface area contributed by atoms with Crippen LogP contribution in [-0.2, 0) is 0 Å². The minimum Gasteiger partial charge on any atom is -0.497 e. The van der Waals surface area contributed by atoms with Crippen LogP contribution in [0, 0.1) is 6.92 Å². The van der Waals surface area contributed by atoms with Gasteiger partial charge in [0, 0.05) is 34.6 Å². The highest BCUT2D eigenvalue weighted by atomic mass is 35.5. The molecular formula is C24H19ClN4O. The van der Waals surface area contributed by atoms with Crippen molar-refractivity contribution >= 4 is 17.2 Å². The number of ether oxygens (including phenoxy) is 1. The molecule has 0 atom stereocenters. The van der Waals surface area contributed by atoms with Gasteiger partial charge in [0.2, 0.25) is 0 Å². The smallest absolute Gasteiger partial charge is 0.166 e. The van der Waals surface area contributed by atoms with Crippen LogP contribution in [0.15, 0.2) is 79.1 Å². The van der Waals surface area contributed by atoms with Crippen molar-refractivity contribution in [3.63, 3.8) is 0 Å². The topological polar surface area (TPSA) is 44.4 Å². The van der Waals surface area contributed by atoms with Crippen molar-refractivity contribution in [2.45, 2.75) is 6.92 Å². The fraction of sp³-hybridized carbons (Fsp3) is 0.0833. The normalized spacial score (nSPS) is 11.2. The zero-order valence-electron chi connectivity index (χ0n) is 16.6. The quantitative estimate of drug-likeness (QED) is 0.372. The zero-order chi connectivity index (χ0) is 20.7. The Morgan fingerprint density at radius 3 is 2.23 bits per heavy atom. The Morgan fingerprint density at radius 2 is 1.57 bits per heavy atom. The largest absolute Gasteiger partial charge is 0.497 e. The molecule has 148 valence electrons. The van der Waals surface area contributed by atoms with E-state index in [9.17, 15) is 0 Å². The van der Waals surface area contributed by atoms with Gasteiger partial charge in [-0.1, -0.05) is 35.9 Å². The average Bonchev–Trinajstić information content (AvgIpc) is 3.41. The molecule has 0 N–H and O–H groups in total. The molecule has 0 saturated heterocycles. The number of rotatable bonds is 4. The molecule has 5 rings (SSSR count). The Morgan fingerprint density at radius 1 is 0.900 bits per heavy atom. The second-order valence-corrected chi connectivity index (χ2v) is 7.46. The standard InChI is InChI=1S/C24H19ClN4O/c1-16-23(18-7-11-20(30-2)12-8-18)24-26-22(28-13-3-4-14-28)15-21(29(24)27-16)17-5-9-19(25)10-6-17/h3-15H,1-2H3. The Hall–Kier alpha value is -3.57. The average molecular weight is 415 g/mol. The van der Waals surface area contributed by atoms with Gasteiger partial charge in [-0.3, -0.25) is 0 Å². The second-order valence-electron chi connectivity index (χ2n) is 7.02. The van der Waals surface area contributed by atoms with E-state index in [1.807, 2.05) is 95.1 Å². The summed E-state index contributed by atoms with van der Waals surface area (Å²) in [6.07, 6.45) is 3.97. The molecule has 0 bridgehead atoms. The van der Waals surface area contributed by atoms with Crippen LogP contribution in [0.25, 0.3) is 33.8 Å². The lowest BCUT2D eigenvalue weighted by atomic mass is 10.1. The molecule has 0 saturated carbocycles. The van der Waals surface area contributed by atoms with E-state index in [1.165, 1.54) is 0 Å². The molecule has 0 amide bonds. The van der Waals surface area contributed by atoms with Crippen LogP contribution in [-0.4, -0.2) is 26.3 Å². The third-order valence-electron chi connectivity index (χ3n) is 5.14. The second kappa shape index (κ2) is 7.35. The lowest BCUT2D eigenvalue weighted by molar-refractivity contribution is 0.415. The Bertz CT molecular complexity index is 1320. The van der Waals surface area contributed by atoms with E-state index >= 15 is 0 Å². The molecule has 0 aliphatic rings. The van der Waals surface area contributed by atoms with Crippen molar-refractivity contribution < 1.29 is 4.74 Å². The van der Waals surface area contributed by atoms with Crippen molar-refractivity contribution in [3.05, 3.63) is 89.8 Å². The molecule has 3 aromatic heterocycles. The molecule has 3 heterocycles. The Balaban J connectivity index is 1.80. The van der Waals surface area contributed by atoms with Crippen molar-refractivity contribution in [2.24, 2.45) is 0 Å². The maximum atomic E-state index is 6.11. The zero-order valence-corrected chi connectivity index (χ0v) is 17.3. The number of hydrogen-bond acceptors (Lipinski definition) is 3. The lowest BCUT2D eigenvalue weighted by Crippen LogP contribution is -2.02. The molecule has 0 fully saturated rings. The highest BCUT2D eigenvalue weighted by molar-refractivity contribution is 6.30. The predicted octanol–water partition coefficient (Wildman–Crippen LogP) is 5.82. The van der Waals surface area contributed by atoms with Gasteiger partial charge in [0.25, 0.3) is 0 Å². The van der Waals surface area contributed by atoms with Gasteiger partial charge in [0.15, 0.2) is 5.65 Å². The fourth-order valence-electron chi connectivity index (χ4n) is 3.65. The number of aromatic nitrogens is 4. The first-order valence-electron chi connectivity index (χ1n) is 9.58. The summed E-state index contributed by atoms with van der Waals surface area (Å²) < 4.78 is 9.22. The SMILES string of the molecule is COc1ccc(-c2c(C)nn3c(-c4ccc(Cl)cc4)cc(-n4cccc4)nc23)cc1. The van der Waals surface area contributed by atoms with Gasteiger partial charge in [-0.15, -0.1) is 0 Å². The summed E-state index contributed by atoms with van der Waals surface area (Å²) in [4.78, 5) is 4.97. The first-order chi connectivity index (χ1) is 14.6. The molecule has 0 radical (unpaired) electrons. The summed E-state index contributed by atoms with van der Waals surface area (Å²) in [6.45, 7) is 2.01. The molecule has 0 aliphatic carbocycles. The van der Waals surface area contributed by atoms with Gasteiger partial charge < -0.3 is 9.30 Å². The summed E-state index contributed by atoms with van der Waals surface area (Å²) >= 11 is 6.11. The summed E-state index contributed by atoms with van der Waals surface area (Å²) in [5.74, 6) is 1.64. The van der Waals surface area contributed by atoms with Gasteiger partial charge >= 0.3 is 0 Å². The maximum absolute atomic E-state index is 6.11. The molecule has 6 heteroatoms. The van der Waals surface area contributed by atoms with Gasteiger partial charge in [-0.2, -0.15) is 5.10 Å². The van der Waals surface area contributed by atoms with E-state index < -0.39 is 0 Å². The van der Waals surface area contributed by atoms with Crippen LogP contribution in [0.4, 0.5) is 0 Å². The van der Waals surface area contributed by atoms with Gasteiger partial charge in [0.1, 0.15) is 11.6 Å². The Labute approximate surface area is 179 Å². The molecule has 0 aliphatic heterocycles. The van der Waals surface area contributed by atoms with Gasteiger partial charge in [-0.05, 0) is 48.9 Å². The van der Waals surface area contributed by atoms with E-state index in [0.717, 1.165) is 45.3 Å². The third-order valence-corrected chi connectivity index (χ3v) is 5.39. The highest BCUT2D eigenvalue weighted by Crippen LogP contribution is 2.32. The number of hydrogen-bond donors (Lipinski definition) is 0. The monoisotopic (exact) mass is 414 g/mol. The molecule has 5 nitrogen and oxygen atoms in total. The third kappa shape index (κ3) is 3.13. The molecule has 5 aromatic rings. The maximum Gasteiger partial charge on any atom is 0.166 e. The van der Waals surface area contributed by atoms with Crippen LogP contribution in [0.3, 0.4) is 0 Å². The lowest BCUT2D eigenvalue weighted by Gasteiger charge is -2.10. The first kappa shape index (κ1) is 18.5. The number of benzene rings is 2. The van der Waals surface area contributed by atoms with E-state index in [0.29, 0.717) is 5.02 Å².